The summed E-state index contributed by atoms with van der Waals surface area (Å²) in [7, 11) is 0. The first-order chi connectivity index (χ1) is 8.43. The molecule has 0 radical (unpaired) electrons. The van der Waals surface area contributed by atoms with E-state index in [-0.39, 0.29) is 11.5 Å². The van der Waals surface area contributed by atoms with Crippen molar-refractivity contribution < 1.29 is 4.39 Å². The van der Waals surface area contributed by atoms with Crippen molar-refractivity contribution in [1.82, 2.24) is 4.98 Å². The topological polar surface area (TPSA) is 12.9 Å². The monoisotopic (exact) mass is 243 g/mol. The quantitative estimate of drug-likeness (QED) is 0.698. The summed E-state index contributed by atoms with van der Waals surface area (Å²) in [4.78, 5) is 3.98. The first-order valence-corrected chi connectivity index (χ1v) is 5.74. The van der Waals surface area contributed by atoms with Gasteiger partial charge in [0.2, 0.25) is 0 Å². The van der Waals surface area contributed by atoms with Gasteiger partial charge in [-0.1, -0.05) is 36.5 Å². The second-order valence-electron chi connectivity index (χ2n) is 4.39. The highest BCUT2D eigenvalue weighted by atomic mass is 19.1. The van der Waals surface area contributed by atoms with Gasteiger partial charge >= 0.3 is 0 Å². The fourth-order valence-electron chi connectivity index (χ4n) is 1.62. The van der Waals surface area contributed by atoms with Crippen LogP contribution in [0.5, 0.6) is 0 Å². The zero-order valence-electron chi connectivity index (χ0n) is 11.1. The van der Waals surface area contributed by atoms with Gasteiger partial charge in [-0.05, 0) is 44.1 Å². The van der Waals surface area contributed by atoms with Crippen LogP contribution in [0.25, 0.3) is 5.57 Å². The molecule has 0 N–H and O–H groups in total. The lowest BCUT2D eigenvalue weighted by molar-refractivity contribution is 0.617. The molecule has 1 nitrogen and oxygen atoms in total. The molecule has 0 aliphatic heterocycles. The molecule has 1 heterocycles. The van der Waals surface area contributed by atoms with E-state index in [9.17, 15) is 4.39 Å². The van der Waals surface area contributed by atoms with Gasteiger partial charge in [-0.3, -0.25) is 4.98 Å². The average Bonchev–Trinajstić information content (AvgIpc) is 2.28. The Morgan fingerprint density at radius 2 is 1.89 bits per heavy atom. The van der Waals surface area contributed by atoms with Crippen LogP contribution in [0.1, 0.15) is 26.5 Å². The number of nitrogens with zero attached hydrogens (tertiary/aromatic N) is 1. The van der Waals surface area contributed by atoms with E-state index in [2.05, 4.69) is 18.1 Å². The van der Waals surface area contributed by atoms with E-state index in [1.807, 2.05) is 26.8 Å². The summed E-state index contributed by atoms with van der Waals surface area (Å²) in [5.41, 5.74) is 4.01. The van der Waals surface area contributed by atoms with E-state index in [4.69, 9.17) is 0 Å². The lowest BCUT2D eigenvalue weighted by Gasteiger charge is -2.05. The fraction of sp³-hybridized carbons (Fsp3) is 0.188. The van der Waals surface area contributed by atoms with Gasteiger partial charge in [0.25, 0.3) is 0 Å². The van der Waals surface area contributed by atoms with Crippen LogP contribution < -0.4 is 0 Å². The number of halogens is 1. The number of rotatable bonds is 4. The molecule has 0 saturated carbocycles. The standard InChI is InChI=1S/C16H18FN/c1-11(2)14(12(3)4)9-8-13(5)16-15(17)7-6-10-18-16/h6-10H,1,5H2,2-4H3/b9-8-. The molecule has 1 aromatic heterocycles. The van der Waals surface area contributed by atoms with E-state index >= 15 is 0 Å². The Morgan fingerprint density at radius 1 is 1.22 bits per heavy atom. The van der Waals surface area contributed by atoms with Crippen LogP contribution in [0.3, 0.4) is 0 Å². The third-order valence-corrected chi connectivity index (χ3v) is 2.51. The fourth-order valence-corrected chi connectivity index (χ4v) is 1.62. The zero-order chi connectivity index (χ0) is 13.7. The van der Waals surface area contributed by atoms with Crippen molar-refractivity contribution in [3.63, 3.8) is 0 Å². The largest absolute Gasteiger partial charge is 0.253 e. The van der Waals surface area contributed by atoms with Gasteiger partial charge in [-0.25, -0.2) is 4.39 Å². The van der Waals surface area contributed by atoms with Gasteiger partial charge in [0.1, 0.15) is 11.5 Å². The van der Waals surface area contributed by atoms with Crippen molar-refractivity contribution in [3.8, 4) is 0 Å². The Hall–Kier alpha value is -1.96. The number of pyridine rings is 1. The molecule has 0 amide bonds. The maximum absolute atomic E-state index is 13.5. The number of hydrogen-bond acceptors (Lipinski definition) is 1. The Labute approximate surface area is 108 Å². The molecule has 0 saturated heterocycles. The van der Waals surface area contributed by atoms with E-state index in [0.29, 0.717) is 5.57 Å². The van der Waals surface area contributed by atoms with Crippen molar-refractivity contribution in [2.75, 3.05) is 0 Å². The summed E-state index contributed by atoms with van der Waals surface area (Å²) in [6, 6.07) is 2.94. The summed E-state index contributed by atoms with van der Waals surface area (Å²) in [5.74, 6) is -0.360. The molecule has 0 unspecified atom stereocenters. The molecule has 1 rings (SSSR count). The van der Waals surface area contributed by atoms with Crippen LogP contribution in [-0.4, -0.2) is 4.98 Å². The van der Waals surface area contributed by atoms with Crippen LogP contribution in [0.15, 0.2) is 60.4 Å². The lowest BCUT2D eigenvalue weighted by atomic mass is 10.0. The average molecular weight is 243 g/mol. The van der Waals surface area contributed by atoms with Gasteiger partial charge in [0, 0.05) is 6.20 Å². The summed E-state index contributed by atoms with van der Waals surface area (Å²) in [6.07, 6.45) is 5.22. The Kier molecular flexibility index (Phi) is 4.78. The minimum Gasteiger partial charge on any atom is -0.253 e. The second-order valence-corrected chi connectivity index (χ2v) is 4.39. The smallest absolute Gasteiger partial charge is 0.149 e. The summed E-state index contributed by atoms with van der Waals surface area (Å²) < 4.78 is 13.5. The molecule has 0 aliphatic carbocycles. The Bertz CT molecular complexity index is 532. The molecule has 94 valence electrons. The molecular formula is C16H18FN. The third kappa shape index (κ3) is 3.52. The van der Waals surface area contributed by atoms with Crippen molar-refractivity contribution in [2.24, 2.45) is 0 Å². The van der Waals surface area contributed by atoms with Crippen LogP contribution in [-0.2, 0) is 0 Å². The minimum atomic E-state index is -0.360. The van der Waals surface area contributed by atoms with E-state index < -0.39 is 0 Å². The van der Waals surface area contributed by atoms with E-state index in [1.165, 1.54) is 6.07 Å². The maximum atomic E-state index is 13.5. The zero-order valence-corrected chi connectivity index (χ0v) is 11.1. The second kappa shape index (κ2) is 6.10. The Morgan fingerprint density at radius 3 is 2.39 bits per heavy atom. The van der Waals surface area contributed by atoms with Gasteiger partial charge < -0.3 is 0 Å². The summed E-state index contributed by atoms with van der Waals surface area (Å²) in [5, 5.41) is 0. The number of hydrogen-bond donors (Lipinski definition) is 0. The highest BCUT2D eigenvalue weighted by molar-refractivity contribution is 5.70. The summed E-state index contributed by atoms with van der Waals surface area (Å²) in [6.45, 7) is 13.7. The molecule has 1 aromatic rings. The minimum absolute atomic E-state index is 0.281. The molecule has 0 spiro atoms. The van der Waals surface area contributed by atoms with Gasteiger partial charge in [0.15, 0.2) is 0 Å². The molecule has 0 aromatic carbocycles. The Balaban J connectivity index is 2.99. The number of allylic oxidation sites excluding steroid dienone is 6. The van der Waals surface area contributed by atoms with Crippen LogP contribution >= 0.6 is 0 Å². The first-order valence-electron chi connectivity index (χ1n) is 5.74. The molecule has 2 heteroatoms. The van der Waals surface area contributed by atoms with E-state index in [1.54, 1.807) is 18.3 Å². The van der Waals surface area contributed by atoms with Gasteiger partial charge in [-0.15, -0.1) is 0 Å². The molecule has 0 bridgehead atoms. The normalized spacial score (nSPS) is 10.4. The van der Waals surface area contributed by atoms with Crippen LogP contribution in [0.4, 0.5) is 4.39 Å². The molecule has 0 atom stereocenters. The molecule has 18 heavy (non-hydrogen) atoms. The molecule has 0 fully saturated rings. The maximum Gasteiger partial charge on any atom is 0.149 e. The predicted octanol–water partition coefficient (Wildman–Crippen LogP) is 4.70. The highest BCUT2D eigenvalue weighted by Gasteiger charge is 2.04. The molecular weight excluding hydrogens is 225 g/mol. The SMILES string of the molecule is C=C(C)C(/C=C\C(=C)c1ncccc1F)=C(C)C. The van der Waals surface area contributed by atoms with Crippen molar-refractivity contribution in [2.45, 2.75) is 20.8 Å². The summed E-state index contributed by atoms with van der Waals surface area (Å²) >= 11 is 0. The van der Waals surface area contributed by atoms with Crippen LogP contribution in [0, 0.1) is 5.82 Å². The van der Waals surface area contributed by atoms with E-state index in [0.717, 1.165) is 16.7 Å². The molecule has 0 aliphatic rings. The predicted molar refractivity (Wildman–Crippen MR) is 75.6 cm³/mol. The third-order valence-electron chi connectivity index (χ3n) is 2.51. The van der Waals surface area contributed by atoms with Crippen molar-refractivity contribution in [1.29, 1.82) is 0 Å². The van der Waals surface area contributed by atoms with Crippen LogP contribution in [0.2, 0.25) is 0 Å². The number of aromatic nitrogens is 1. The lowest BCUT2D eigenvalue weighted by Crippen LogP contribution is -1.91. The highest BCUT2D eigenvalue weighted by Crippen LogP contribution is 2.19. The van der Waals surface area contributed by atoms with Crippen molar-refractivity contribution >= 4 is 5.57 Å². The van der Waals surface area contributed by atoms with Gasteiger partial charge in [0.05, 0.1) is 0 Å². The first kappa shape index (κ1) is 14.1. The van der Waals surface area contributed by atoms with Crippen molar-refractivity contribution in [3.05, 3.63) is 71.9 Å². The van der Waals surface area contributed by atoms with Gasteiger partial charge in [-0.2, -0.15) is 0 Å².